The first-order valence-electron chi connectivity index (χ1n) is 6.89. The van der Waals surface area contributed by atoms with Crippen LogP contribution in [0.3, 0.4) is 0 Å². The molecule has 0 radical (unpaired) electrons. The van der Waals surface area contributed by atoms with Crippen molar-refractivity contribution in [1.82, 2.24) is 0 Å². The van der Waals surface area contributed by atoms with E-state index in [1.165, 1.54) is 11.1 Å². The summed E-state index contributed by atoms with van der Waals surface area (Å²) >= 11 is 0. The van der Waals surface area contributed by atoms with Gasteiger partial charge in [0.25, 0.3) is 0 Å². The molecule has 0 unspecified atom stereocenters. The van der Waals surface area contributed by atoms with Crippen molar-refractivity contribution >= 4 is 0 Å². The summed E-state index contributed by atoms with van der Waals surface area (Å²) in [4.78, 5) is 0. The molecule has 1 aliphatic rings. The van der Waals surface area contributed by atoms with Crippen LogP contribution in [0.25, 0.3) is 0 Å². The van der Waals surface area contributed by atoms with E-state index in [0.717, 1.165) is 35.8 Å². The lowest BCUT2D eigenvalue weighted by atomic mass is 10.0. The molecule has 0 N–H and O–H groups in total. The Morgan fingerprint density at radius 2 is 1.48 bits per heavy atom. The predicted molar refractivity (Wildman–Crippen MR) is 79.5 cm³/mol. The summed E-state index contributed by atoms with van der Waals surface area (Å²) in [5.41, 5.74) is 2.41. The van der Waals surface area contributed by atoms with E-state index in [-0.39, 0.29) is 0 Å². The van der Waals surface area contributed by atoms with E-state index in [9.17, 15) is 0 Å². The van der Waals surface area contributed by atoms with Gasteiger partial charge in [0.05, 0.1) is 14.2 Å². The second kappa shape index (κ2) is 5.95. The average molecular weight is 286 g/mol. The Kier molecular flexibility index (Phi) is 3.86. The minimum atomic E-state index is 0.311. The van der Waals surface area contributed by atoms with Crippen LogP contribution >= 0.6 is 0 Å². The third-order valence-corrected chi connectivity index (χ3v) is 3.55. The average Bonchev–Trinajstić information content (AvgIpc) is 3.00. The van der Waals surface area contributed by atoms with Gasteiger partial charge in [-0.05, 0) is 48.2 Å². The summed E-state index contributed by atoms with van der Waals surface area (Å²) in [5.74, 6) is 3.28. The van der Waals surface area contributed by atoms with Crippen molar-refractivity contribution in [2.75, 3.05) is 21.0 Å². The van der Waals surface area contributed by atoms with Crippen LogP contribution in [0.1, 0.15) is 11.1 Å². The molecule has 2 aromatic carbocycles. The van der Waals surface area contributed by atoms with Gasteiger partial charge in [-0.3, -0.25) is 0 Å². The van der Waals surface area contributed by atoms with Gasteiger partial charge in [0.1, 0.15) is 11.5 Å². The quantitative estimate of drug-likeness (QED) is 0.845. The van der Waals surface area contributed by atoms with Gasteiger partial charge < -0.3 is 18.9 Å². The summed E-state index contributed by atoms with van der Waals surface area (Å²) in [6.45, 7) is 0.311. The zero-order valence-electron chi connectivity index (χ0n) is 12.2. The molecule has 2 aromatic rings. The lowest BCUT2D eigenvalue weighted by Crippen LogP contribution is -1.95. The lowest BCUT2D eigenvalue weighted by molar-refractivity contribution is 0.174. The zero-order valence-corrected chi connectivity index (χ0v) is 12.2. The molecule has 110 valence electrons. The Balaban J connectivity index is 1.72. The molecule has 21 heavy (non-hydrogen) atoms. The van der Waals surface area contributed by atoms with E-state index >= 15 is 0 Å². The van der Waals surface area contributed by atoms with Gasteiger partial charge in [-0.2, -0.15) is 0 Å². The number of rotatable bonds is 5. The van der Waals surface area contributed by atoms with E-state index in [0.29, 0.717) is 6.79 Å². The van der Waals surface area contributed by atoms with Crippen LogP contribution in [0.15, 0.2) is 36.4 Å². The second-order valence-electron chi connectivity index (χ2n) is 4.91. The number of hydrogen-bond acceptors (Lipinski definition) is 4. The molecule has 3 rings (SSSR count). The van der Waals surface area contributed by atoms with Crippen LogP contribution in [0.2, 0.25) is 0 Å². The second-order valence-corrected chi connectivity index (χ2v) is 4.91. The van der Waals surface area contributed by atoms with Crippen LogP contribution in [-0.2, 0) is 12.8 Å². The van der Waals surface area contributed by atoms with Crippen molar-refractivity contribution in [2.24, 2.45) is 0 Å². The van der Waals surface area contributed by atoms with Crippen LogP contribution in [0.5, 0.6) is 23.0 Å². The van der Waals surface area contributed by atoms with Gasteiger partial charge >= 0.3 is 0 Å². The zero-order chi connectivity index (χ0) is 14.7. The van der Waals surface area contributed by atoms with Crippen molar-refractivity contribution in [1.29, 1.82) is 0 Å². The lowest BCUT2D eigenvalue weighted by Gasteiger charge is -2.09. The SMILES string of the molecule is COc1cc(CCc2ccc3c(c2)OCO3)cc(OC)c1. The molecule has 0 saturated heterocycles. The minimum absolute atomic E-state index is 0.311. The maximum absolute atomic E-state index is 5.40. The normalized spacial score (nSPS) is 12.3. The van der Waals surface area contributed by atoms with Crippen molar-refractivity contribution < 1.29 is 18.9 Å². The molecule has 1 aliphatic heterocycles. The maximum atomic E-state index is 5.40. The third kappa shape index (κ3) is 3.05. The first kappa shape index (κ1) is 13.6. The first-order valence-corrected chi connectivity index (χ1v) is 6.89. The third-order valence-electron chi connectivity index (χ3n) is 3.55. The van der Waals surface area contributed by atoms with E-state index in [1.807, 2.05) is 30.3 Å². The molecule has 0 atom stereocenters. The molecule has 0 aromatic heterocycles. The number of methoxy groups -OCH3 is 2. The molecule has 0 bridgehead atoms. The Bertz CT molecular complexity index is 614. The summed E-state index contributed by atoms with van der Waals surface area (Å²) < 4.78 is 21.3. The van der Waals surface area contributed by atoms with Gasteiger partial charge in [0, 0.05) is 6.07 Å². The van der Waals surface area contributed by atoms with E-state index in [1.54, 1.807) is 14.2 Å². The summed E-state index contributed by atoms with van der Waals surface area (Å²) in [6.07, 6.45) is 1.83. The number of ether oxygens (including phenoxy) is 4. The number of benzene rings is 2. The molecule has 0 fully saturated rings. The van der Waals surface area contributed by atoms with Crippen LogP contribution < -0.4 is 18.9 Å². The van der Waals surface area contributed by atoms with Gasteiger partial charge in [0.15, 0.2) is 11.5 Å². The van der Waals surface area contributed by atoms with Crippen LogP contribution in [0, 0.1) is 0 Å². The van der Waals surface area contributed by atoms with Crippen LogP contribution in [0.4, 0.5) is 0 Å². The maximum Gasteiger partial charge on any atom is 0.231 e. The highest BCUT2D eigenvalue weighted by molar-refractivity contribution is 5.45. The number of hydrogen-bond donors (Lipinski definition) is 0. The minimum Gasteiger partial charge on any atom is -0.497 e. The van der Waals surface area contributed by atoms with E-state index in [2.05, 4.69) is 6.07 Å². The van der Waals surface area contributed by atoms with Gasteiger partial charge in [0.2, 0.25) is 6.79 Å². The van der Waals surface area contributed by atoms with Crippen molar-refractivity contribution in [3.63, 3.8) is 0 Å². The van der Waals surface area contributed by atoms with Crippen LogP contribution in [-0.4, -0.2) is 21.0 Å². The molecular formula is C17H18O4. The highest BCUT2D eigenvalue weighted by Gasteiger charge is 2.13. The monoisotopic (exact) mass is 286 g/mol. The fraction of sp³-hybridized carbons (Fsp3) is 0.294. The summed E-state index contributed by atoms with van der Waals surface area (Å²) in [5, 5.41) is 0. The Morgan fingerprint density at radius 1 is 0.810 bits per heavy atom. The largest absolute Gasteiger partial charge is 0.497 e. The summed E-state index contributed by atoms with van der Waals surface area (Å²) in [6, 6.07) is 12.0. The molecule has 0 amide bonds. The highest BCUT2D eigenvalue weighted by atomic mass is 16.7. The van der Waals surface area contributed by atoms with Crippen molar-refractivity contribution in [3.8, 4) is 23.0 Å². The number of aryl methyl sites for hydroxylation is 2. The molecular weight excluding hydrogens is 268 g/mol. The molecule has 4 nitrogen and oxygen atoms in total. The van der Waals surface area contributed by atoms with E-state index in [4.69, 9.17) is 18.9 Å². The number of fused-ring (bicyclic) bond motifs is 1. The molecule has 1 heterocycles. The predicted octanol–water partition coefficient (Wildman–Crippen LogP) is 3.22. The molecule has 4 heteroatoms. The Hall–Kier alpha value is -2.36. The van der Waals surface area contributed by atoms with Gasteiger partial charge in [-0.25, -0.2) is 0 Å². The molecule has 0 aliphatic carbocycles. The first-order chi connectivity index (χ1) is 10.3. The van der Waals surface area contributed by atoms with Gasteiger partial charge in [-0.1, -0.05) is 6.07 Å². The fourth-order valence-electron chi connectivity index (χ4n) is 2.40. The van der Waals surface area contributed by atoms with Gasteiger partial charge in [-0.15, -0.1) is 0 Å². The Morgan fingerprint density at radius 3 is 2.19 bits per heavy atom. The smallest absolute Gasteiger partial charge is 0.231 e. The van der Waals surface area contributed by atoms with E-state index < -0.39 is 0 Å². The topological polar surface area (TPSA) is 36.9 Å². The Labute approximate surface area is 124 Å². The fourth-order valence-corrected chi connectivity index (χ4v) is 2.40. The van der Waals surface area contributed by atoms with Crippen molar-refractivity contribution in [3.05, 3.63) is 47.5 Å². The summed E-state index contributed by atoms with van der Waals surface area (Å²) in [7, 11) is 3.33. The molecule has 0 spiro atoms. The highest BCUT2D eigenvalue weighted by Crippen LogP contribution is 2.33. The standard InChI is InChI=1S/C17H18O4/c1-18-14-7-13(8-15(10-14)19-2)4-3-12-5-6-16-17(9-12)21-11-20-16/h5-10H,3-4,11H2,1-2H3. The van der Waals surface area contributed by atoms with Crippen molar-refractivity contribution in [2.45, 2.75) is 12.8 Å². The molecule has 0 saturated carbocycles.